The number of anilines is 6. The van der Waals surface area contributed by atoms with Gasteiger partial charge in [0.2, 0.25) is 0 Å². The van der Waals surface area contributed by atoms with E-state index in [0.717, 1.165) is 0 Å². The van der Waals surface area contributed by atoms with Gasteiger partial charge >= 0.3 is 0 Å². The standard InChI is InChI=1S/C59H51BN2/c1-36-30-54-56-55(31-36)62(41-27-28-44-42-18-12-14-20-46(42)58(5,6)48(44)33-41)53-35-49-45(43-19-13-15-21-47(43)59(49,7)8)34-51(53)60(56)50-29-24-39(57(2,3)4)32-52(50)61(54)40-25-22-38(23-26-40)37-16-10-9-11-17-37/h9-35H,1-8H3. The first-order valence-corrected chi connectivity index (χ1v) is 22.4. The first-order chi connectivity index (χ1) is 29.8. The monoisotopic (exact) mass is 798 g/mol. The fourth-order valence-electron chi connectivity index (χ4n) is 11.6. The third-order valence-electron chi connectivity index (χ3n) is 14.8. The highest BCUT2D eigenvalue weighted by Gasteiger charge is 2.47. The maximum atomic E-state index is 2.63. The average molecular weight is 799 g/mol. The van der Waals surface area contributed by atoms with Gasteiger partial charge in [-0.3, -0.25) is 0 Å². The normalized spacial score (nSPS) is 15.6. The molecule has 0 saturated carbocycles. The molecule has 8 aromatic carbocycles. The lowest BCUT2D eigenvalue weighted by molar-refractivity contribution is 0.590. The fraction of sp³-hybridized carbons (Fsp3) is 0.186. The van der Waals surface area contributed by atoms with Gasteiger partial charge < -0.3 is 9.80 Å². The summed E-state index contributed by atoms with van der Waals surface area (Å²) in [6.07, 6.45) is 0. The predicted octanol–water partition coefficient (Wildman–Crippen LogP) is 13.7. The molecule has 2 aliphatic carbocycles. The first kappa shape index (κ1) is 37.2. The summed E-state index contributed by atoms with van der Waals surface area (Å²) in [7, 11) is 0. The molecule has 3 heteroatoms. The molecular formula is C59H51BN2. The number of benzene rings is 8. The molecular weight excluding hydrogens is 747 g/mol. The van der Waals surface area contributed by atoms with Crippen LogP contribution < -0.4 is 26.2 Å². The molecule has 62 heavy (non-hydrogen) atoms. The quantitative estimate of drug-likeness (QED) is 0.164. The molecule has 2 heterocycles. The Morgan fingerprint density at radius 3 is 1.61 bits per heavy atom. The Balaban J connectivity index is 1.15. The summed E-state index contributed by atoms with van der Waals surface area (Å²) in [6.45, 7) is 18.9. The minimum Gasteiger partial charge on any atom is -0.311 e. The van der Waals surface area contributed by atoms with Gasteiger partial charge in [-0.25, -0.2) is 0 Å². The molecule has 0 fully saturated rings. The van der Waals surface area contributed by atoms with Crippen molar-refractivity contribution >= 4 is 57.2 Å². The second-order valence-corrected chi connectivity index (χ2v) is 20.3. The summed E-state index contributed by atoms with van der Waals surface area (Å²) in [4.78, 5) is 5.20. The fourth-order valence-corrected chi connectivity index (χ4v) is 11.6. The molecule has 300 valence electrons. The zero-order valence-electron chi connectivity index (χ0n) is 37.1. The molecule has 8 aromatic rings. The number of aryl methyl sites for hydroxylation is 1. The topological polar surface area (TPSA) is 6.48 Å². The van der Waals surface area contributed by atoms with Crippen LogP contribution in [0.15, 0.2) is 164 Å². The third kappa shape index (κ3) is 5.12. The van der Waals surface area contributed by atoms with Crippen LogP contribution in [0, 0.1) is 6.92 Å². The highest BCUT2D eigenvalue weighted by atomic mass is 15.2. The van der Waals surface area contributed by atoms with Crippen molar-refractivity contribution in [3.63, 3.8) is 0 Å². The second kappa shape index (κ2) is 12.7. The Morgan fingerprint density at radius 2 is 0.952 bits per heavy atom. The van der Waals surface area contributed by atoms with Crippen LogP contribution in [0.25, 0.3) is 33.4 Å². The molecule has 0 amide bonds. The van der Waals surface area contributed by atoms with Crippen molar-refractivity contribution in [2.45, 2.75) is 71.6 Å². The molecule has 0 saturated heterocycles. The van der Waals surface area contributed by atoms with Crippen LogP contribution in [0.1, 0.15) is 81.8 Å². The van der Waals surface area contributed by atoms with Crippen LogP contribution in [-0.4, -0.2) is 6.71 Å². The van der Waals surface area contributed by atoms with Crippen molar-refractivity contribution in [3.05, 3.63) is 197 Å². The van der Waals surface area contributed by atoms with Gasteiger partial charge in [0.05, 0.1) is 0 Å². The molecule has 0 unspecified atom stereocenters. The van der Waals surface area contributed by atoms with Crippen molar-refractivity contribution in [1.82, 2.24) is 0 Å². The molecule has 0 atom stereocenters. The van der Waals surface area contributed by atoms with E-state index in [1.807, 2.05) is 0 Å². The maximum Gasteiger partial charge on any atom is 0.252 e. The summed E-state index contributed by atoms with van der Waals surface area (Å²) >= 11 is 0. The molecule has 4 aliphatic rings. The van der Waals surface area contributed by atoms with E-state index in [0.29, 0.717) is 0 Å². The summed E-state index contributed by atoms with van der Waals surface area (Å²) < 4.78 is 0. The number of fused-ring (bicyclic) bond motifs is 10. The van der Waals surface area contributed by atoms with E-state index in [1.165, 1.54) is 117 Å². The number of hydrogen-bond donors (Lipinski definition) is 0. The SMILES string of the molecule is Cc1cc2c3c(c1)N(c1ccc4c(c1)C(C)(C)c1ccccc1-4)c1cc4c(cc1B3c1ccc(C(C)(C)C)cc1N2c1ccc(-c2ccccc2)cc1)-c1ccccc1C4(C)C. The maximum absolute atomic E-state index is 2.63. The van der Waals surface area contributed by atoms with E-state index in [4.69, 9.17) is 0 Å². The number of hydrogen-bond acceptors (Lipinski definition) is 2. The number of nitrogens with zero attached hydrogens (tertiary/aromatic N) is 2. The van der Waals surface area contributed by atoms with Crippen molar-refractivity contribution in [1.29, 1.82) is 0 Å². The van der Waals surface area contributed by atoms with Gasteiger partial charge in [-0.1, -0.05) is 164 Å². The first-order valence-electron chi connectivity index (χ1n) is 22.4. The lowest BCUT2D eigenvalue weighted by atomic mass is 9.33. The van der Waals surface area contributed by atoms with E-state index in [-0.39, 0.29) is 23.0 Å². The van der Waals surface area contributed by atoms with E-state index in [2.05, 4.69) is 229 Å². The van der Waals surface area contributed by atoms with Gasteiger partial charge in [0.15, 0.2) is 0 Å². The van der Waals surface area contributed by atoms with E-state index >= 15 is 0 Å². The van der Waals surface area contributed by atoms with Crippen LogP contribution in [0.2, 0.25) is 0 Å². The van der Waals surface area contributed by atoms with Gasteiger partial charge in [-0.05, 0) is 144 Å². The Kier molecular flexibility index (Phi) is 7.65. The molecule has 2 aliphatic heterocycles. The Labute approximate surface area is 367 Å². The van der Waals surface area contributed by atoms with Crippen molar-refractivity contribution in [2.24, 2.45) is 0 Å². The average Bonchev–Trinajstić information content (AvgIpc) is 3.64. The molecule has 0 radical (unpaired) electrons. The van der Waals surface area contributed by atoms with Gasteiger partial charge in [0.1, 0.15) is 0 Å². The summed E-state index contributed by atoms with van der Waals surface area (Å²) in [5.41, 5.74) is 27.2. The molecule has 0 spiro atoms. The van der Waals surface area contributed by atoms with E-state index in [1.54, 1.807) is 0 Å². The Morgan fingerprint density at radius 1 is 0.419 bits per heavy atom. The van der Waals surface area contributed by atoms with Crippen LogP contribution in [0.5, 0.6) is 0 Å². The zero-order valence-corrected chi connectivity index (χ0v) is 37.1. The second-order valence-electron chi connectivity index (χ2n) is 20.3. The lowest BCUT2D eigenvalue weighted by Crippen LogP contribution is -2.61. The van der Waals surface area contributed by atoms with Gasteiger partial charge in [0.25, 0.3) is 6.71 Å². The van der Waals surface area contributed by atoms with Crippen molar-refractivity contribution in [2.75, 3.05) is 9.80 Å². The molecule has 0 aromatic heterocycles. The molecule has 2 nitrogen and oxygen atoms in total. The van der Waals surface area contributed by atoms with Crippen LogP contribution in [0.3, 0.4) is 0 Å². The largest absolute Gasteiger partial charge is 0.311 e. The summed E-state index contributed by atoms with van der Waals surface area (Å²) in [5.74, 6) is 0. The lowest BCUT2D eigenvalue weighted by Gasteiger charge is -2.45. The predicted molar refractivity (Wildman–Crippen MR) is 264 cm³/mol. The third-order valence-corrected chi connectivity index (χ3v) is 14.8. The van der Waals surface area contributed by atoms with Crippen LogP contribution in [0.4, 0.5) is 34.1 Å². The smallest absolute Gasteiger partial charge is 0.252 e. The van der Waals surface area contributed by atoms with Crippen LogP contribution >= 0.6 is 0 Å². The van der Waals surface area contributed by atoms with Crippen molar-refractivity contribution < 1.29 is 0 Å². The highest BCUT2D eigenvalue weighted by molar-refractivity contribution is 7.00. The zero-order chi connectivity index (χ0) is 42.4. The van der Waals surface area contributed by atoms with E-state index in [9.17, 15) is 0 Å². The highest BCUT2D eigenvalue weighted by Crippen LogP contribution is 2.54. The Bertz CT molecular complexity index is 3180. The van der Waals surface area contributed by atoms with Crippen molar-refractivity contribution in [3.8, 4) is 33.4 Å². The Hall–Kier alpha value is -6.58. The molecule has 0 N–H and O–H groups in total. The summed E-state index contributed by atoms with van der Waals surface area (Å²) in [5, 5.41) is 0. The summed E-state index contributed by atoms with van der Waals surface area (Å²) in [6, 6.07) is 62.7. The van der Waals surface area contributed by atoms with Gasteiger partial charge in [0, 0.05) is 45.0 Å². The van der Waals surface area contributed by atoms with Gasteiger partial charge in [-0.2, -0.15) is 0 Å². The molecule has 12 rings (SSSR count). The van der Waals surface area contributed by atoms with Gasteiger partial charge in [-0.15, -0.1) is 0 Å². The minimum absolute atomic E-state index is 0.0195. The minimum atomic E-state index is -0.138. The molecule has 0 bridgehead atoms. The van der Waals surface area contributed by atoms with Crippen LogP contribution in [-0.2, 0) is 16.2 Å². The van der Waals surface area contributed by atoms with E-state index < -0.39 is 0 Å². The number of rotatable bonds is 3.